The summed E-state index contributed by atoms with van der Waals surface area (Å²) in [6.45, 7) is 0. The van der Waals surface area contributed by atoms with Gasteiger partial charge in [0.05, 0.1) is 6.04 Å². The van der Waals surface area contributed by atoms with Crippen LogP contribution in [-0.2, 0) is 4.74 Å². The van der Waals surface area contributed by atoms with E-state index in [4.69, 9.17) is 4.74 Å². The van der Waals surface area contributed by atoms with Crippen LogP contribution in [0.2, 0.25) is 0 Å². The summed E-state index contributed by atoms with van der Waals surface area (Å²) < 4.78 is 5.47. The number of ether oxygens (including phenoxy) is 1. The molecule has 0 saturated carbocycles. The highest BCUT2D eigenvalue weighted by Gasteiger charge is 2.36. The summed E-state index contributed by atoms with van der Waals surface area (Å²) in [5, 5.41) is 2.89. The molecule has 1 saturated heterocycles. The predicted molar refractivity (Wildman–Crippen MR) is 98.2 cm³/mol. The van der Waals surface area contributed by atoms with E-state index in [0.717, 1.165) is 22.3 Å². The Morgan fingerprint density at radius 3 is 2.38 bits per heavy atom. The van der Waals surface area contributed by atoms with Gasteiger partial charge in [0.25, 0.3) is 0 Å². The number of hydrogen-bond acceptors (Lipinski definition) is 3. The maximum absolute atomic E-state index is 11.8. The number of aromatic nitrogens is 1. The second-order valence-electron chi connectivity index (χ2n) is 5.97. The van der Waals surface area contributed by atoms with Crippen molar-refractivity contribution in [2.45, 2.75) is 12.1 Å². The smallest absolute Gasteiger partial charge is 0.408 e. The van der Waals surface area contributed by atoms with Crippen LogP contribution in [0.1, 0.15) is 34.4 Å². The van der Waals surface area contributed by atoms with E-state index in [1.54, 1.807) is 12.4 Å². The van der Waals surface area contributed by atoms with Crippen LogP contribution in [0.5, 0.6) is 0 Å². The average molecular weight is 340 g/mol. The second kappa shape index (κ2) is 7.12. The highest BCUT2D eigenvalue weighted by atomic mass is 16.6. The number of cyclic esters (lactones) is 1. The zero-order chi connectivity index (χ0) is 17.8. The third-order valence-electron chi connectivity index (χ3n) is 4.22. The summed E-state index contributed by atoms with van der Waals surface area (Å²) >= 11 is 0. The van der Waals surface area contributed by atoms with E-state index in [1.807, 2.05) is 66.7 Å². The molecule has 1 aromatic heterocycles. The summed E-state index contributed by atoms with van der Waals surface area (Å²) in [5.41, 5.74) is 3.72. The van der Waals surface area contributed by atoms with Gasteiger partial charge < -0.3 is 10.1 Å². The van der Waals surface area contributed by atoms with Gasteiger partial charge in [0.2, 0.25) is 0 Å². The molecule has 4 heteroatoms. The Balaban J connectivity index is 1.63. The minimum absolute atomic E-state index is 0.261. The Kier molecular flexibility index (Phi) is 4.36. The molecular formula is C22H16N2O2. The highest BCUT2D eigenvalue weighted by Crippen LogP contribution is 2.36. The van der Waals surface area contributed by atoms with Crippen molar-refractivity contribution in [3.05, 3.63) is 101 Å². The minimum Gasteiger partial charge on any atom is -0.439 e. The largest absolute Gasteiger partial charge is 0.439 e. The quantitative estimate of drug-likeness (QED) is 0.717. The number of alkyl carbamates (subject to hydrolysis) is 1. The number of rotatable bonds is 2. The number of benzene rings is 2. The second-order valence-corrected chi connectivity index (χ2v) is 5.97. The van der Waals surface area contributed by atoms with Gasteiger partial charge in [-0.25, -0.2) is 4.79 Å². The average Bonchev–Trinajstić information content (AvgIpc) is 3.10. The summed E-state index contributed by atoms with van der Waals surface area (Å²) in [4.78, 5) is 15.9. The van der Waals surface area contributed by atoms with Crippen molar-refractivity contribution in [3.8, 4) is 11.8 Å². The Morgan fingerprint density at radius 2 is 1.58 bits per heavy atom. The number of amides is 1. The zero-order valence-electron chi connectivity index (χ0n) is 13.9. The first-order valence-corrected chi connectivity index (χ1v) is 8.34. The van der Waals surface area contributed by atoms with Crippen molar-refractivity contribution >= 4 is 6.09 Å². The monoisotopic (exact) mass is 340 g/mol. The molecule has 126 valence electrons. The first-order chi connectivity index (χ1) is 12.8. The maximum Gasteiger partial charge on any atom is 0.408 e. The predicted octanol–water partition coefficient (Wildman–Crippen LogP) is 4.00. The van der Waals surface area contributed by atoms with E-state index in [9.17, 15) is 4.79 Å². The van der Waals surface area contributed by atoms with Gasteiger partial charge in [0.1, 0.15) is 0 Å². The molecule has 1 aliphatic heterocycles. The highest BCUT2D eigenvalue weighted by molar-refractivity contribution is 5.71. The van der Waals surface area contributed by atoms with E-state index in [0.29, 0.717) is 0 Å². The summed E-state index contributed by atoms with van der Waals surface area (Å²) in [5.74, 6) is 6.33. The molecule has 2 atom stereocenters. The van der Waals surface area contributed by atoms with Crippen LogP contribution in [0.4, 0.5) is 4.79 Å². The van der Waals surface area contributed by atoms with Crippen LogP contribution in [0.15, 0.2) is 79.1 Å². The fourth-order valence-electron chi connectivity index (χ4n) is 2.97. The molecule has 1 N–H and O–H groups in total. The number of carbonyl (C=O) groups excluding carboxylic acids is 1. The Bertz CT molecular complexity index is 975. The fourth-order valence-corrected chi connectivity index (χ4v) is 2.97. The van der Waals surface area contributed by atoms with Crippen LogP contribution in [0, 0.1) is 11.8 Å². The van der Waals surface area contributed by atoms with Crippen LogP contribution in [-0.4, -0.2) is 11.1 Å². The van der Waals surface area contributed by atoms with Crippen LogP contribution in [0.25, 0.3) is 0 Å². The van der Waals surface area contributed by atoms with E-state index in [1.165, 1.54) is 0 Å². The van der Waals surface area contributed by atoms with Gasteiger partial charge in [-0.3, -0.25) is 4.98 Å². The molecule has 26 heavy (non-hydrogen) atoms. The van der Waals surface area contributed by atoms with Gasteiger partial charge in [-0.05, 0) is 47.5 Å². The molecule has 0 bridgehead atoms. The third kappa shape index (κ3) is 3.42. The molecule has 1 aliphatic rings. The molecule has 4 nitrogen and oxygen atoms in total. The third-order valence-corrected chi connectivity index (χ3v) is 4.22. The molecule has 0 aliphatic carbocycles. The summed E-state index contributed by atoms with van der Waals surface area (Å²) in [7, 11) is 0. The van der Waals surface area contributed by atoms with Crippen molar-refractivity contribution < 1.29 is 9.53 Å². The lowest BCUT2D eigenvalue weighted by molar-refractivity contribution is 0.132. The normalized spacial score (nSPS) is 18.4. The van der Waals surface area contributed by atoms with E-state index >= 15 is 0 Å². The van der Waals surface area contributed by atoms with Crippen molar-refractivity contribution in [1.82, 2.24) is 10.3 Å². The Hall–Kier alpha value is -3.58. The van der Waals surface area contributed by atoms with Crippen LogP contribution >= 0.6 is 0 Å². The van der Waals surface area contributed by atoms with E-state index < -0.39 is 6.09 Å². The van der Waals surface area contributed by atoms with Crippen molar-refractivity contribution in [2.75, 3.05) is 0 Å². The molecule has 3 aromatic rings. The lowest BCUT2D eigenvalue weighted by atomic mass is 9.96. The summed E-state index contributed by atoms with van der Waals surface area (Å²) in [6, 6.07) is 21.2. The topological polar surface area (TPSA) is 51.2 Å². The molecule has 1 fully saturated rings. The van der Waals surface area contributed by atoms with Crippen LogP contribution in [0.3, 0.4) is 0 Å². The first kappa shape index (κ1) is 15.9. The van der Waals surface area contributed by atoms with Crippen molar-refractivity contribution in [1.29, 1.82) is 0 Å². The zero-order valence-corrected chi connectivity index (χ0v) is 13.9. The first-order valence-electron chi connectivity index (χ1n) is 8.34. The number of carbonyl (C=O) groups is 1. The molecular weight excluding hydrogens is 324 g/mol. The molecule has 2 heterocycles. The molecule has 0 unspecified atom stereocenters. The van der Waals surface area contributed by atoms with Gasteiger partial charge in [0, 0.05) is 23.5 Å². The van der Waals surface area contributed by atoms with E-state index in [-0.39, 0.29) is 12.1 Å². The Labute approximate surface area is 151 Å². The lowest BCUT2D eigenvalue weighted by Gasteiger charge is -2.17. The molecule has 0 spiro atoms. The van der Waals surface area contributed by atoms with Crippen LogP contribution < -0.4 is 5.32 Å². The van der Waals surface area contributed by atoms with E-state index in [2.05, 4.69) is 22.1 Å². The fraction of sp³-hybridized carbons (Fsp3) is 0.0909. The lowest BCUT2D eigenvalue weighted by Crippen LogP contribution is -2.19. The molecule has 4 rings (SSSR count). The van der Waals surface area contributed by atoms with Crippen molar-refractivity contribution in [2.24, 2.45) is 0 Å². The minimum atomic E-state index is -0.419. The molecule has 2 aromatic carbocycles. The standard InChI is InChI=1S/C22H16N2O2/c25-22-24-20(21(26-22)18-11-13-23-14-12-18)19-8-4-7-17(15-19)10-9-16-5-2-1-3-6-16/h1-8,11-15,20-21H,(H,24,25)/t20-,21-/m1/s1. The maximum atomic E-state index is 11.8. The number of nitrogens with one attached hydrogen (secondary N) is 1. The SMILES string of the molecule is O=C1N[C@H](c2cccc(C#Cc3ccccc3)c2)[C@@H](c2ccncc2)O1. The van der Waals surface area contributed by atoms with Gasteiger partial charge >= 0.3 is 6.09 Å². The number of nitrogens with zero attached hydrogens (tertiary/aromatic N) is 1. The summed E-state index contributed by atoms with van der Waals surface area (Å²) in [6.07, 6.45) is 2.58. The van der Waals surface area contributed by atoms with Crippen molar-refractivity contribution in [3.63, 3.8) is 0 Å². The van der Waals surface area contributed by atoms with Gasteiger partial charge in [-0.1, -0.05) is 42.2 Å². The van der Waals surface area contributed by atoms with Gasteiger partial charge in [0.15, 0.2) is 6.10 Å². The molecule has 0 radical (unpaired) electrons. The Morgan fingerprint density at radius 1 is 0.846 bits per heavy atom. The number of pyridine rings is 1. The number of hydrogen-bond donors (Lipinski definition) is 1. The molecule has 1 amide bonds. The van der Waals surface area contributed by atoms with Gasteiger partial charge in [-0.2, -0.15) is 0 Å². The van der Waals surface area contributed by atoms with Gasteiger partial charge in [-0.15, -0.1) is 0 Å².